The second-order valence-electron chi connectivity index (χ2n) is 8.01. The molecule has 1 amide bonds. The smallest absolute Gasteiger partial charge is 0.284 e. The maximum absolute atomic E-state index is 13.2. The third-order valence-electron chi connectivity index (χ3n) is 4.89. The van der Waals surface area contributed by atoms with Crippen molar-refractivity contribution in [3.63, 3.8) is 0 Å². The van der Waals surface area contributed by atoms with Crippen LogP contribution < -0.4 is 20.3 Å². The first-order valence-electron chi connectivity index (χ1n) is 10.3. The molecular formula is C24H25F2N3O5. The summed E-state index contributed by atoms with van der Waals surface area (Å²) in [6.07, 6.45) is -2.70. The van der Waals surface area contributed by atoms with Crippen LogP contribution in [0, 0.1) is 6.92 Å². The van der Waals surface area contributed by atoms with Gasteiger partial charge in [-0.05, 0) is 56.7 Å². The van der Waals surface area contributed by atoms with E-state index < -0.39 is 30.1 Å². The lowest BCUT2D eigenvalue weighted by molar-refractivity contribution is 0.0783. The van der Waals surface area contributed by atoms with Crippen molar-refractivity contribution in [2.75, 3.05) is 19.0 Å². The van der Waals surface area contributed by atoms with E-state index >= 15 is 0 Å². The van der Waals surface area contributed by atoms with Crippen LogP contribution in [0.2, 0.25) is 0 Å². The predicted octanol–water partition coefficient (Wildman–Crippen LogP) is 3.67. The first-order valence-corrected chi connectivity index (χ1v) is 10.3. The second-order valence-corrected chi connectivity index (χ2v) is 8.01. The number of anilines is 1. The Morgan fingerprint density at radius 3 is 2.53 bits per heavy atom. The van der Waals surface area contributed by atoms with E-state index in [-0.39, 0.29) is 17.0 Å². The average Bonchev–Trinajstić information content (AvgIpc) is 2.78. The van der Waals surface area contributed by atoms with Crippen LogP contribution in [0.25, 0.3) is 5.69 Å². The maximum Gasteiger partial charge on any atom is 0.284 e. The fraction of sp³-hybridized carbons (Fsp3) is 0.292. The maximum atomic E-state index is 13.2. The number of alkyl halides is 2. The van der Waals surface area contributed by atoms with Crippen molar-refractivity contribution in [1.29, 1.82) is 0 Å². The van der Waals surface area contributed by atoms with Crippen molar-refractivity contribution in [3.8, 4) is 17.2 Å². The quantitative estimate of drug-likeness (QED) is 0.518. The fourth-order valence-electron chi connectivity index (χ4n) is 3.21. The Labute approximate surface area is 194 Å². The molecule has 0 aliphatic heterocycles. The molecule has 2 N–H and O–H groups in total. The summed E-state index contributed by atoms with van der Waals surface area (Å²) in [6.45, 7) is 3.97. The van der Waals surface area contributed by atoms with Crippen LogP contribution in [-0.2, 0) is 5.60 Å². The van der Waals surface area contributed by atoms with E-state index in [1.807, 2.05) is 0 Å². The molecule has 0 saturated carbocycles. The largest absolute Gasteiger partial charge is 0.495 e. The number of methoxy groups -OCH3 is 1. The summed E-state index contributed by atoms with van der Waals surface area (Å²) in [4.78, 5) is 26.2. The minimum Gasteiger partial charge on any atom is -0.495 e. The van der Waals surface area contributed by atoms with Gasteiger partial charge in [0.2, 0.25) is 0 Å². The fourth-order valence-corrected chi connectivity index (χ4v) is 3.21. The number of benzene rings is 2. The molecule has 8 nitrogen and oxygen atoms in total. The number of amides is 1. The Hall–Kier alpha value is -3.79. The van der Waals surface area contributed by atoms with E-state index in [0.29, 0.717) is 22.7 Å². The zero-order chi connectivity index (χ0) is 25.0. The molecule has 34 heavy (non-hydrogen) atoms. The number of rotatable bonds is 8. The Morgan fingerprint density at radius 1 is 1.18 bits per heavy atom. The first-order chi connectivity index (χ1) is 16.0. The van der Waals surface area contributed by atoms with E-state index in [9.17, 15) is 23.5 Å². The summed E-state index contributed by atoms with van der Waals surface area (Å²) in [6, 6.07) is 12.2. The van der Waals surface area contributed by atoms with Crippen molar-refractivity contribution < 1.29 is 28.2 Å². The molecule has 0 spiro atoms. The molecule has 0 aliphatic carbocycles. The van der Waals surface area contributed by atoms with Gasteiger partial charge in [-0.1, -0.05) is 18.2 Å². The molecule has 0 fully saturated rings. The number of hydrogen-bond acceptors (Lipinski definition) is 6. The Morgan fingerprint density at radius 2 is 1.88 bits per heavy atom. The third-order valence-corrected chi connectivity index (χ3v) is 4.89. The Kier molecular flexibility index (Phi) is 7.31. The Bertz CT molecular complexity index is 1250. The molecule has 0 saturated heterocycles. The van der Waals surface area contributed by atoms with Gasteiger partial charge in [0.05, 0.1) is 24.1 Å². The van der Waals surface area contributed by atoms with Crippen molar-refractivity contribution in [2.24, 2.45) is 0 Å². The number of halogens is 2. The van der Waals surface area contributed by atoms with Crippen LogP contribution in [0.3, 0.4) is 0 Å². The van der Waals surface area contributed by atoms with Gasteiger partial charge < -0.3 is 19.9 Å². The Balaban J connectivity index is 1.99. The van der Waals surface area contributed by atoms with Gasteiger partial charge in [0, 0.05) is 0 Å². The van der Waals surface area contributed by atoms with Crippen LogP contribution in [0.1, 0.15) is 35.5 Å². The van der Waals surface area contributed by atoms with Crippen molar-refractivity contribution in [1.82, 2.24) is 9.78 Å². The van der Waals surface area contributed by atoms with E-state index in [4.69, 9.17) is 9.47 Å². The number of nitrogens with zero attached hydrogens (tertiary/aromatic N) is 2. The zero-order valence-electron chi connectivity index (χ0n) is 19.1. The summed E-state index contributed by atoms with van der Waals surface area (Å²) in [5, 5.41) is 17.0. The second kappa shape index (κ2) is 10.0. The number of aryl methyl sites for hydroxylation is 1. The van der Waals surface area contributed by atoms with Gasteiger partial charge in [-0.15, -0.1) is 0 Å². The lowest BCUT2D eigenvalue weighted by atomic mass is 9.98. The van der Waals surface area contributed by atoms with Gasteiger partial charge in [-0.3, -0.25) is 9.59 Å². The highest BCUT2D eigenvalue weighted by Crippen LogP contribution is 2.31. The van der Waals surface area contributed by atoms with Crippen LogP contribution in [0.15, 0.2) is 53.3 Å². The number of hydrogen-bond donors (Lipinski definition) is 2. The molecule has 1 heterocycles. The number of carbonyl (C=O) groups excluding carboxylic acids is 1. The van der Waals surface area contributed by atoms with Gasteiger partial charge in [0.1, 0.15) is 29.4 Å². The molecule has 0 bridgehead atoms. The minimum absolute atomic E-state index is 0.0261. The van der Waals surface area contributed by atoms with Crippen molar-refractivity contribution >= 4 is 11.6 Å². The average molecular weight is 473 g/mol. The molecule has 0 radical (unpaired) electrons. The molecule has 0 atom stereocenters. The molecule has 1 aromatic heterocycles. The zero-order valence-corrected chi connectivity index (χ0v) is 19.1. The molecule has 0 aliphatic rings. The van der Waals surface area contributed by atoms with Crippen LogP contribution in [-0.4, -0.2) is 40.9 Å². The van der Waals surface area contributed by atoms with Crippen LogP contribution in [0.4, 0.5) is 14.5 Å². The van der Waals surface area contributed by atoms with Crippen LogP contribution in [0.5, 0.6) is 11.5 Å². The number of aliphatic hydroxyl groups is 1. The molecular weight excluding hydrogens is 448 g/mol. The third kappa shape index (κ3) is 5.57. The van der Waals surface area contributed by atoms with Crippen molar-refractivity contribution in [3.05, 3.63) is 75.7 Å². The van der Waals surface area contributed by atoms with Gasteiger partial charge >= 0.3 is 0 Å². The highest BCUT2D eigenvalue weighted by Gasteiger charge is 2.21. The first kappa shape index (κ1) is 24.8. The van der Waals surface area contributed by atoms with Gasteiger partial charge in [0.15, 0.2) is 0 Å². The number of para-hydroxylation sites is 2. The molecule has 3 aromatic rings. The van der Waals surface area contributed by atoms with E-state index in [1.54, 1.807) is 51.1 Å². The highest BCUT2D eigenvalue weighted by atomic mass is 19.3. The lowest BCUT2D eigenvalue weighted by Crippen LogP contribution is -2.31. The summed E-state index contributed by atoms with van der Waals surface area (Å²) in [5.74, 6) is -0.396. The summed E-state index contributed by atoms with van der Waals surface area (Å²) >= 11 is 0. The molecule has 2 aromatic carbocycles. The number of aromatic nitrogens is 2. The molecule has 3 rings (SSSR count). The molecule has 180 valence electrons. The summed E-state index contributed by atoms with van der Waals surface area (Å²) in [5.41, 5.74) is -0.763. The highest BCUT2D eigenvalue weighted by molar-refractivity contribution is 6.04. The molecule has 0 unspecified atom stereocenters. The number of carbonyl (C=O) groups is 1. The summed E-state index contributed by atoms with van der Waals surface area (Å²) < 4.78 is 36.7. The standard InChI is InChI=1S/C24H25F2N3O5/c1-14-11-16(22(30)27-17-10-9-15(24(2,3)32)12-20(17)33-4)23(31)29(28-14)18-7-5-6-8-19(18)34-13-21(25)26/h5-12,21,32H,13H2,1-4H3,(H,27,30). The number of nitrogens with one attached hydrogen (secondary N) is 1. The predicted molar refractivity (Wildman–Crippen MR) is 122 cm³/mol. The normalized spacial score (nSPS) is 11.4. The number of ether oxygens (including phenoxy) is 2. The molecule has 10 heteroatoms. The van der Waals surface area contributed by atoms with Crippen molar-refractivity contribution in [2.45, 2.75) is 32.8 Å². The monoisotopic (exact) mass is 473 g/mol. The SMILES string of the molecule is COc1cc(C(C)(C)O)ccc1NC(=O)c1cc(C)nn(-c2ccccc2OCC(F)F)c1=O. The summed E-state index contributed by atoms with van der Waals surface area (Å²) in [7, 11) is 1.42. The van der Waals surface area contributed by atoms with E-state index in [0.717, 1.165) is 4.68 Å². The van der Waals surface area contributed by atoms with Gasteiger partial charge in [-0.2, -0.15) is 9.78 Å². The van der Waals surface area contributed by atoms with Gasteiger partial charge in [-0.25, -0.2) is 8.78 Å². The minimum atomic E-state index is -2.70. The van der Waals surface area contributed by atoms with Crippen LogP contribution >= 0.6 is 0 Å². The van der Waals surface area contributed by atoms with E-state index in [2.05, 4.69) is 10.4 Å². The van der Waals surface area contributed by atoms with E-state index in [1.165, 1.54) is 25.3 Å². The topological polar surface area (TPSA) is 103 Å². The lowest BCUT2D eigenvalue weighted by Gasteiger charge is -2.20. The van der Waals surface area contributed by atoms with Gasteiger partial charge in [0.25, 0.3) is 17.9 Å².